The van der Waals surface area contributed by atoms with Gasteiger partial charge in [0, 0.05) is 45.3 Å². The molecule has 7 aromatic rings. The van der Waals surface area contributed by atoms with E-state index in [2.05, 4.69) is 167 Å². The normalized spacial score (nSPS) is 14.0. The van der Waals surface area contributed by atoms with Gasteiger partial charge in [-0.1, -0.05) is 349 Å². The average molecular weight is 1790 g/mol. The third-order valence-electron chi connectivity index (χ3n) is 21.0. The van der Waals surface area contributed by atoms with Crippen molar-refractivity contribution >= 4 is 118 Å². The Hall–Kier alpha value is -10.5. The number of methoxy groups -OCH3 is 2. The zero-order valence-electron chi connectivity index (χ0n) is 77.6. The van der Waals surface area contributed by atoms with Crippen LogP contribution >= 0.6 is 11.1 Å². The summed E-state index contributed by atoms with van der Waals surface area (Å²) in [6.07, 6.45) is 6.39. The number of esters is 5. The molecule has 3 N–H and O–H groups in total. The fraction of sp³-hybridized carbons (Fsp3) is 0.465. The predicted octanol–water partition coefficient (Wildman–Crippen LogP) is 18.2. The van der Waals surface area contributed by atoms with Crippen LogP contribution in [0.25, 0.3) is 5.53 Å². The topological polar surface area (TPSA) is 340 Å². The van der Waals surface area contributed by atoms with Crippen LogP contribution in [0.3, 0.4) is 0 Å². The van der Waals surface area contributed by atoms with Crippen molar-refractivity contribution in [3.05, 3.63) is 235 Å². The number of carboxylic acids is 2. The number of aliphatic hydroxyl groups is 1. The van der Waals surface area contributed by atoms with Crippen molar-refractivity contribution in [1.82, 2.24) is 0 Å². The van der Waals surface area contributed by atoms with Crippen LogP contribution in [0.2, 0.25) is 10.1 Å². The highest BCUT2D eigenvalue weighted by Crippen LogP contribution is 2.40. The first-order valence-electron chi connectivity index (χ1n) is 43.2. The molecule has 1 saturated carbocycles. The lowest BCUT2D eigenvalue weighted by Gasteiger charge is -2.43. The molecule has 126 heavy (non-hydrogen) atoms. The number of halogens is 1. The number of carboxylic acid groups (broad SMARTS) is 2. The third-order valence-corrected chi connectivity index (χ3v) is 33.3. The number of rotatable bonds is 36. The summed E-state index contributed by atoms with van der Waals surface area (Å²) in [6.45, 7) is 35.6. The van der Waals surface area contributed by atoms with Crippen molar-refractivity contribution in [2.45, 2.75) is 231 Å². The molecule has 0 bridgehead atoms. The van der Waals surface area contributed by atoms with Gasteiger partial charge in [-0.05, 0) is 96.4 Å². The summed E-state index contributed by atoms with van der Waals surface area (Å²) in [5, 5.41) is 30.6. The number of Topliss-reactive ketones (excluding diaryl/α,β-unsaturated/α-hetero) is 4. The van der Waals surface area contributed by atoms with E-state index in [0.29, 0.717) is 69.7 Å². The molecule has 688 valence electrons. The van der Waals surface area contributed by atoms with Gasteiger partial charge in [-0.3, -0.25) is 47.9 Å². The maximum atomic E-state index is 12.2. The van der Waals surface area contributed by atoms with Gasteiger partial charge in [-0.15, -0.1) is 0 Å². The Morgan fingerprint density at radius 2 is 0.810 bits per heavy atom. The molecule has 0 saturated heterocycles. The van der Waals surface area contributed by atoms with E-state index in [9.17, 15) is 52.7 Å². The number of carbonyl (C=O) groups excluding carboxylic acids is 9. The zero-order valence-corrected chi connectivity index (χ0v) is 80.4. The van der Waals surface area contributed by atoms with E-state index >= 15 is 0 Å². The monoisotopic (exact) mass is 1790 g/mol. The van der Waals surface area contributed by atoms with Crippen molar-refractivity contribution in [2.75, 3.05) is 27.4 Å². The molecule has 0 aromatic heterocycles. The first-order chi connectivity index (χ1) is 59.6. The van der Waals surface area contributed by atoms with Gasteiger partial charge in [0.25, 0.3) is 14.1 Å². The molecular formula is C101H139ClN2O20Si2. The Morgan fingerprint density at radius 1 is 0.468 bits per heavy atom. The smallest absolute Gasteiger partial charge is 0.441 e. The molecule has 2 unspecified atom stereocenters. The molecule has 0 radical (unpaired) electrons. The molecule has 7 aromatic carbocycles. The van der Waals surface area contributed by atoms with Crippen LogP contribution in [0.15, 0.2) is 212 Å². The summed E-state index contributed by atoms with van der Waals surface area (Å²) >= 11 is 7.21. The molecule has 22 nitrogen and oxygen atoms in total. The quantitative estimate of drug-likeness (QED) is 0.00480. The molecule has 0 aliphatic heterocycles. The van der Waals surface area contributed by atoms with E-state index in [1.54, 1.807) is 0 Å². The minimum atomic E-state index is -2.58. The second-order valence-corrected chi connectivity index (χ2v) is 43.8. The largest absolute Gasteiger partial charge is 0.481 e. The van der Waals surface area contributed by atoms with Gasteiger partial charge in [0.1, 0.15) is 43.6 Å². The summed E-state index contributed by atoms with van der Waals surface area (Å²) in [4.78, 5) is 125. The maximum absolute atomic E-state index is 12.2. The van der Waals surface area contributed by atoms with Gasteiger partial charge in [-0.2, -0.15) is 15.9 Å². The van der Waals surface area contributed by atoms with Crippen LogP contribution in [-0.2, 0) is 101 Å². The molecular weight excluding hydrogens is 1650 g/mol. The molecule has 0 heterocycles. The van der Waals surface area contributed by atoms with E-state index in [0.717, 1.165) is 49.5 Å². The van der Waals surface area contributed by atoms with E-state index in [1.165, 1.54) is 41.7 Å². The van der Waals surface area contributed by atoms with Gasteiger partial charge in [0.15, 0.2) is 0 Å². The molecule has 0 amide bonds. The number of hydrogen-bond donors (Lipinski definition) is 3. The molecule has 1 aliphatic carbocycles. The fourth-order valence-corrected chi connectivity index (χ4v) is 21.3. The summed E-state index contributed by atoms with van der Waals surface area (Å²) in [5.41, 5.74) is 10.8. The van der Waals surface area contributed by atoms with Crippen molar-refractivity contribution < 1.29 is 101 Å². The molecule has 8 rings (SSSR count). The molecule has 1 fully saturated rings. The second-order valence-electron chi connectivity index (χ2n) is 33.8. The number of nitrogens with zero attached hydrogens (tertiary/aromatic N) is 2. The molecule has 25 heteroatoms. The van der Waals surface area contributed by atoms with E-state index in [1.807, 2.05) is 164 Å². The minimum absolute atomic E-state index is 0.0143. The molecule has 8 atom stereocenters. The predicted molar refractivity (Wildman–Crippen MR) is 501 cm³/mol. The highest BCUT2D eigenvalue weighted by molar-refractivity contribution is 7.35. The standard InChI is InChI=1S/C24H30O3Si.C16H19ClSi.C13H18O2.C12H14O4.C12H16O3.C9H14N2O3.C9H16O3.C6H12O2/c1-18(25)22-15-19(16-23(22)26)17-27-28(24(2,3)4,20-11-7-5-8-12-20)21-13-9-6-10-14-21;1-16(2,3)18(17,14-10-6-4-7-11-14)15-12-8-5-9-13-15;1-3-11(2)9-13(14)15-10-12-7-5-4-6-8-12;1-9(12(14)15)7-11(13)16-8-10-5-3-2-4-6-10;1-10(8-13)7-12(14)15-9-11-5-3-2-4-6-11;1-4-6(2)5-7(12)8(11-10)9(13)14-3;1-4-7(2)5-8(10)6-9(11)12-3;1-3-5(2)4-6(7)8/h5-14,19,22H,15-17H2,1-4H3;4-13H,1-3H3;4-8,11H,3,9-10H2,1-2H3;2-6,9H,7-8H2,1H3,(H,14,15);2-6,10,13H,7-9H2,1H3;6H,4-5H2,1-3H3;7H,4-6H2,1-3H3;5H,3-4H2,1-2H3,(H,7,8)/t;;11-;9-;10-;6-;7-;5-/m..100111/s1. The Kier molecular flexibility index (Phi) is 55.7. The van der Waals surface area contributed by atoms with E-state index < -0.39 is 68.9 Å². The SMILES string of the molecule is CC(=O)C1CC(CO[Si](c2ccccc2)(c2ccccc2)C(C)(C)C)CC1=O.CC(C)(C)[Si](Cl)(c1ccccc1)c1ccccc1.CC[C@@H](C)CC(=O)C(=[N+]=[N-])C(=O)OC.CC[C@@H](C)CC(=O)CC(=O)OC.CC[C@@H](C)CC(=O)O.CC[C@@H](C)CC(=O)OCc1ccccc1.C[C@@H](CC(=O)OCc1ccccc1)C(=O)O.C[C@H](CO)CC(=O)OCc1ccccc1. The third kappa shape index (κ3) is 44.1. The van der Waals surface area contributed by atoms with Crippen LogP contribution in [0.1, 0.15) is 218 Å². The zero-order chi connectivity index (χ0) is 95.0. The Bertz CT molecular complexity index is 4250. The lowest BCUT2D eigenvalue weighted by atomic mass is 10.00. The van der Waals surface area contributed by atoms with Crippen molar-refractivity contribution in [1.29, 1.82) is 0 Å². The van der Waals surface area contributed by atoms with Crippen LogP contribution in [0.5, 0.6) is 0 Å². The number of aliphatic hydroxyl groups excluding tert-OH is 1. The van der Waals surface area contributed by atoms with Gasteiger partial charge >= 0.3 is 47.5 Å². The van der Waals surface area contributed by atoms with Crippen molar-refractivity contribution in [2.24, 2.45) is 47.3 Å². The first kappa shape index (κ1) is 114. The van der Waals surface area contributed by atoms with Crippen LogP contribution < -0.4 is 20.7 Å². The van der Waals surface area contributed by atoms with Crippen LogP contribution in [0, 0.1) is 47.3 Å². The number of carbonyl (C=O) groups is 11. The average Bonchev–Trinajstić information content (AvgIpc) is 0.837. The van der Waals surface area contributed by atoms with Gasteiger partial charge in [0.05, 0.1) is 38.9 Å². The number of hydrogen-bond acceptors (Lipinski definition) is 18. The Balaban J connectivity index is 0.000000737. The lowest BCUT2D eigenvalue weighted by molar-refractivity contribution is -0.151. The fourth-order valence-electron chi connectivity index (χ4n) is 12.5. The van der Waals surface area contributed by atoms with Crippen LogP contribution in [-0.4, -0.2) is 134 Å². The van der Waals surface area contributed by atoms with Gasteiger partial charge in [0.2, 0.25) is 7.38 Å². The van der Waals surface area contributed by atoms with Crippen LogP contribution in [0.4, 0.5) is 0 Å². The summed E-state index contributed by atoms with van der Waals surface area (Å²) in [6, 6.07) is 70.6. The number of ketones is 4. The Labute approximate surface area is 755 Å². The molecule has 1 aliphatic rings. The van der Waals surface area contributed by atoms with E-state index in [-0.39, 0.29) is 96.0 Å². The summed E-state index contributed by atoms with van der Waals surface area (Å²) < 4.78 is 30.7. The first-order valence-corrected chi connectivity index (χ1v) is 48.1. The number of ether oxygens (including phenoxy) is 5. The summed E-state index contributed by atoms with van der Waals surface area (Å²) in [5.74, 6) is -4.15. The van der Waals surface area contributed by atoms with Gasteiger partial charge in [-0.25, -0.2) is 4.79 Å². The maximum Gasteiger partial charge on any atom is 0.441 e. The van der Waals surface area contributed by atoms with Crippen molar-refractivity contribution in [3.8, 4) is 0 Å². The molecule has 0 spiro atoms. The van der Waals surface area contributed by atoms with E-state index in [4.69, 9.17) is 50.6 Å². The number of aliphatic carboxylic acids is 2. The minimum Gasteiger partial charge on any atom is -0.481 e. The number of benzene rings is 7. The second kappa shape index (κ2) is 61.8. The Morgan fingerprint density at radius 3 is 1.11 bits per heavy atom. The lowest BCUT2D eigenvalue weighted by Crippen LogP contribution is -2.66. The highest BCUT2D eigenvalue weighted by atomic mass is 35.6. The van der Waals surface area contributed by atoms with Crippen molar-refractivity contribution in [3.63, 3.8) is 0 Å². The summed E-state index contributed by atoms with van der Waals surface area (Å²) in [7, 11) is -2.40. The van der Waals surface area contributed by atoms with Gasteiger partial charge < -0.3 is 49.0 Å². The highest BCUT2D eigenvalue weighted by Gasteiger charge is 2.51.